The van der Waals surface area contributed by atoms with E-state index in [1.165, 1.54) is 6.08 Å². The Morgan fingerprint density at radius 2 is 2.19 bits per heavy atom. The van der Waals surface area contributed by atoms with Crippen molar-refractivity contribution in [2.24, 2.45) is 0 Å². The third kappa shape index (κ3) is 3.63. The molecule has 0 saturated heterocycles. The highest BCUT2D eigenvalue weighted by Gasteiger charge is 2.10. The van der Waals surface area contributed by atoms with Crippen molar-refractivity contribution in [2.75, 3.05) is 6.61 Å². The fraction of sp³-hybridized carbons (Fsp3) is 0.100. The molecule has 1 aliphatic rings. The van der Waals surface area contributed by atoms with Crippen LogP contribution in [0.25, 0.3) is 17.1 Å². The van der Waals surface area contributed by atoms with Gasteiger partial charge in [-0.25, -0.2) is 4.98 Å². The van der Waals surface area contributed by atoms with Crippen LogP contribution in [0.2, 0.25) is 5.02 Å². The Labute approximate surface area is 155 Å². The maximum absolute atomic E-state index is 12.0. The summed E-state index contributed by atoms with van der Waals surface area (Å²) in [4.78, 5) is 19.7. The van der Waals surface area contributed by atoms with E-state index < -0.39 is 0 Å². The fourth-order valence-electron chi connectivity index (χ4n) is 2.76. The second-order valence-corrected chi connectivity index (χ2v) is 6.38. The van der Waals surface area contributed by atoms with Crippen LogP contribution in [-0.2, 0) is 11.3 Å². The second-order valence-electron chi connectivity index (χ2n) is 5.94. The molecule has 0 saturated carbocycles. The number of aromatic amines is 1. The van der Waals surface area contributed by atoms with Gasteiger partial charge in [-0.2, -0.15) is 0 Å². The number of H-pyrrole nitrogens is 1. The summed E-state index contributed by atoms with van der Waals surface area (Å²) in [7, 11) is 0. The van der Waals surface area contributed by atoms with Crippen LogP contribution < -0.4 is 10.1 Å². The lowest BCUT2D eigenvalue weighted by molar-refractivity contribution is -0.116. The first-order valence-electron chi connectivity index (χ1n) is 8.20. The van der Waals surface area contributed by atoms with E-state index in [1.54, 1.807) is 12.1 Å². The first kappa shape index (κ1) is 16.4. The van der Waals surface area contributed by atoms with Gasteiger partial charge in [0, 0.05) is 16.7 Å². The van der Waals surface area contributed by atoms with Gasteiger partial charge >= 0.3 is 0 Å². The molecule has 0 radical (unpaired) electrons. The lowest BCUT2D eigenvalue weighted by Crippen LogP contribution is -2.21. The summed E-state index contributed by atoms with van der Waals surface area (Å²) in [6.07, 6.45) is 5.21. The zero-order chi connectivity index (χ0) is 17.9. The summed E-state index contributed by atoms with van der Waals surface area (Å²) in [6, 6.07) is 13.2. The van der Waals surface area contributed by atoms with Gasteiger partial charge in [-0.1, -0.05) is 29.8 Å². The zero-order valence-corrected chi connectivity index (χ0v) is 14.6. The quantitative estimate of drug-likeness (QED) is 0.690. The lowest BCUT2D eigenvalue weighted by atomic mass is 10.1. The Kier molecular flexibility index (Phi) is 4.46. The normalized spacial score (nSPS) is 13.3. The van der Waals surface area contributed by atoms with E-state index in [0.29, 0.717) is 18.2 Å². The molecule has 6 heteroatoms. The Hall–Kier alpha value is -3.05. The molecular formula is C20H16ClN3O2. The van der Waals surface area contributed by atoms with E-state index in [-0.39, 0.29) is 5.91 Å². The average molecular weight is 366 g/mol. The van der Waals surface area contributed by atoms with Crippen LogP contribution >= 0.6 is 11.6 Å². The molecule has 0 fully saturated rings. The maximum atomic E-state index is 12.0. The smallest absolute Gasteiger partial charge is 0.244 e. The van der Waals surface area contributed by atoms with E-state index in [4.69, 9.17) is 16.3 Å². The minimum Gasteiger partial charge on any atom is -0.488 e. The Balaban J connectivity index is 1.38. The number of nitrogens with zero attached hydrogens (tertiary/aromatic N) is 1. The van der Waals surface area contributed by atoms with E-state index in [1.807, 2.05) is 42.5 Å². The van der Waals surface area contributed by atoms with Crippen LogP contribution in [0, 0.1) is 0 Å². The summed E-state index contributed by atoms with van der Waals surface area (Å²) >= 11 is 6.00. The van der Waals surface area contributed by atoms with Crippen LogP contribution in [0.1, 0.15) is 11.4 Å². The number of rotatable bonds is 4. The zero-order valence-electron chi connectivity index (χ0n) is 13.8. The molecule has 0 spiro atoms. The SMILES string of the molecule is O=C(/C=C/C1=Cc2cc(Cl)ccc2OC1)NCc1nc2ccccc2[nH]1. The summed E-state index contributed by atoms with van der Waals surface area (Å²) in [6.45, 7) is 0.758. The molecule has 0 unspecified atom stereocenters. The van der Waals surface area contributed by atoms with Crippen LogP contribution in [0.5, 0.6) is 5.75 Å². The number of hydrogen-bond acceptors (Lipinski definition) is 3. The van der Waals surface area contributed by atoms with E-state index in [0.717, 1.165) is 33.7 Å². The van der Waals surface area contributed by atoms with Crippen LogP contribution in [-0.4, -0.2) is 22.5 Å². The summed E-state index contributed by atoms with van der Waals surface area (Å²) < 4.78 is 5.66. The van der Waals surface area contributed by atoms with Crippen molar-refractivity contribution in [3.05, 3.63) is 76.6 Å². The van der Waals surface area contributed by atoms with Gasteiger partial charge in [-0.05, 0) is 42.0 Å². The number of carbonyl (C=O) groups excluding carboxylic acids is 1. The summed E-state index contributed by atoms with van der Waals surface area (Å²) in [5, 5.41) is 3.47. The van der Waals surface area contributed by atoms with E-state index >= 15 is 0 Å². The number of fused-ring (bicyclic) bond motifs is 2. The molecule has 1 amide bonds. The van der Waals surface area contributed by atoms with E-state index in [2.05, 4.69) is 15.3 Å². The van der Waals surface area contributed by atoms with Gasteiger partial charge in [-0.3, -0.25) is 4.79 Å². The topological polar surface area (TPSA) is 67.0 Å². The first-order valence-corrected chi connectivity index (χ1v) is 8.58. The molecule has 4 rings (SSSR count). The number of nitrogens with one attached hydrogen (secondary N) is 2. The molecule has 0 atom stereocenters. The third-order valence-corrected chi connectivity index (χ3v) is 4.26. The summed E-state index contributed by atoms with van der Waals surface area (Å²) in [5.41, 5.74) is 3.65. The van der Waals surface area contributed by atoms with Crippen molar-refractivity contribution in [3.8, 4) is 5.75 Å². The van der Waals surface area contributed by atoms with Gasteiger partial charge in [0.2, 0.25) is 5.91 Å². The van der Waals surface area contributed by atoms with Gasteiger partial charge in [0.15, 0.2) is 0 Å². The number of carbonyl (C=O) groups is 1. The number of halogens is 1. The number of benzene rings is 2. The predicted octanol–water partition coefficient (Wildman–Crippen LogP) is 3.86. The second kappa shape index (κ2) is 7.06. The molecule has 0 bridgehead atoms. The van der Waals surface area contributed by atoms with Gasteiger partial charge in [0.05, 0.1) is 17.6 Å². The average Bonchev–Trinajstić information content (AvgIpc) is 3.07. The van der Waals surface area contributed by atoms with Gasteiger partial charge < -0.3 is 15.0 Å². The predicted molar refractivity (Wildman–Crippen MR) is 102 cm³/mol. The fourth-order valence-corrected chi connectivity index (χ4v) is 2.94. The molecule has 5 nitrogen and oxygen atoms in total. The Bertz CT molecular complexity index is 1000. The standard InChI is InChI=1S/C20H16ClN3O2/c21-15-6-7-18-14(10-15)9-13(12-26-18)5-8-20(25)22-11-19-23-16-3-1-2-4-17(16)24-19/h1-10H,11-12H2,(H,22,25)(H,23,24)/b8-5+. The number of para-hydroxylation sites is 2. The first-order chi connectivity index (χ1) is 12.7. The Morgan fingerprint density at radius 3 is 3.08 bits per heavy atom. The summed E-state index contributed by atoms with van der Waals surface area (Å²) in [5.74, 6) is 1.32. The molecule has 26 heavy (non-hydrogen) atoms. The molecule has 3 aromatic rings. The van der Waals surface area contributed by atoms with Crippen molar-refractivity contribution in [3.63, 3.8) is 0 Å². The minimum atomic E-state index is -0.191. The Morgan fingerprint density at radius 1 is 1.31 bits per heavy atom. The van der Waals surface area contributed by atoms with Crippen LogP contribution in [0.15, 0.2) is 60.2 Å². The van der Waals surface area contributed by atoms with Crippen molar-refractivity contribution < 1.29 is 9.53 Å². The number of imidazole rings is 1. The number of aromatic nitrogens is 2. The molecular weight excluding hydrogens is 350 g/mol. The highest BCUT2D eigenvalue weighted by atomic mass is 35.5. The maximum Gasteiger partial charge on any atom is 0.244 e. The van der Waals surface area contributed by atoms with Crippen molar-refractivity contribution >= 4 is 34.6 Å². The highest BCUT2D eigenvalue weighted by molar-refractivity contribution is 6.30. The molecule has 0 aliphatic carbocycles. The molecule has 2 N–H and O–H groups in total. The molecule has 1 aromatic heterocycles. The minimum absolute atomic E-state index is 0.191. The number of hydrogen-bond donors (Lipinski definition) is 2. The number of ether oxygens (including phenoxy) is 1. The largest absolute Gasteiger partial charge is 0.488 e. The van der Waals surface area contributed by atoms with Crippen LogP contribution in [0.4, 0.5) is 0 Å². The van der Waals surface area contributed by atoms with Crippen molar-refractivity contribution in [1.82, 2.24) is 15.3 Å². The van der Waals surface area contributed by atoms with Gasteiger partial charge in [-0.15, -0.1) is 0 Å². The third-order valence-electron chi connectivity index (χ3n) is 4.02. The molecule has 1 aliphatic heterocycles. The van der Waals surface area contributed by atoms with E-state index in [9.17, 15) is 4.79 Å². The molecule has 2 aromatic carbocycles. The molecule has 130 valence electrons. The van der Waals surface area contributed by atoms with Gasteiger partial charge in [0.1, 0.15) is 18.2 Å². The lowest BCUT2D eigenvalue weighted by Gasteiger charge is -2.16. The highest BCUT2D eigenvalue weighted by Crippen LogP contribution is 2.29. The van der Waals surface area contributed by atoms with Gasteiger partial charge in [0.25, 0.3) is 0 Å². The number of amides is 1. The van der Waals surface area contributed by atoms with Crippen molar-refractivity contribution in [2.45, 2.75) is 6.54 Å². The molecule has 2 heterocycles. The van der Waals surface area contributed by atoms with Crippen LogP contribution in [0.3, 0.4) is 0 Å². The van der Waals surface area contributed by atoms with Crippen molar-refractivity contribution in [1.29, 1.82) is 0 Å². The monoisotopic (exact) mass is 365 g/mol.